The lowest BCUT2D eigenvalue weighted by molar-refractivity contribution is -0.110. The van der Waals surface area contributed by atoms with Crippen LogP contribution < -0.4 is 10.1 Å². The third-order valence-electron chi connectivity index (χ3n) is 4.04. The SMILES string of the molecule is COc1ccc2c(c1)C(=Cn1cc3c(c1)C(=O)OCC3)C(=O)N2. The van der Waals surface area contributed by atoms with Gasteiger partial charge in [-0.1, -0.05) is 0 Å². The summed E-state index contributed by atoms with van der Waals surface area (Å²) >= 11 is 0. The molecule has 2 aromatic rings. The molecule has 6 heteroatoms. The van der Waals surface area contributed by atoms with E-state index in [0.717, 1.165) is 16.8 Å². The number of cyclic esters (lactones) is 1. The number of carbonyl (C=O) groups excluding carboxylic acids is 2. The van der Waals surface area contributed by atoms with Gasteiger partial charge in [-0.25, -0.2) is 4.79 Å². The summed E-state index contributed by atoms with van der Waals surface area (Å²) in [4.78, 5) is 23.9. The summed E-state index contributed by atoms with van der Waals surface area (Å²) in [6.07, 6.45) is 5.95. The number of nitrogens with zero attached hydrogens (tertiary/aromatic N) is 1. The second-order valence-corrected chi connectivity index (χ2v) is 5.44. The van der Waals surface area contributed by atoms with E-state index in [0.29, 0.717) is 29.9 Å². The largest absolute Gasteiger partial charge is 0.497 e. The summed E-state index contributed by atoms with van der Waals surface area (Å²) in [5.41, 5.74) is 3.54. The molecular formula is C17H14N2O4. The molecule has 0 unspecified atom stereocenters. The van der Waals surface area contributed by atoms with Gasteiger partial charge in [0.25, 0.3) is 5.91 Å². The zero-order valence-electron chi connectivity index (χ0n) is 12.5. The van der Waals surface area contributed by atoms with Crippen LogP contribution in [0, 0.1) is 0 Å². The van der Waals surface area contributed by atoms with Crippen molar-refractivity contribution in [1.82, 2.24) is 4.57 Å². The van der Waals surface area contributed by atoms with Crippen LogP contribution in [-0.2, 0) is 16.0 Å². The first-order chi connectivity index (χ1) is 11.2. The molecule has 0 spiro atoms. The summed E-state index contributed by atoms with van der Waals surface area (Å²) in [5.74, 6) is 0.186. The number of hydrogen-bond donors (Lipinski definition) is 1. The van der Waals surface area contributed by atoms with Crippen LogP contribution in [0.25, 0.3) is 11.8 Å². The Labute approximate surface area is 132 Å². The van der Waals surface area contributed by atoms with Crippen molar-refractivity contribution in [3.05, 3.63) is 47.3 Å². The smallest absolute Gasteiger partial charge is 0.339 e. The van der Waals surface area contributed by atoms with Crippen LogP contribution in [0.1, 0.15) is 21.5 Å². The standard InChI is InChI=1S/C17H14N2O4/c1-22-11-2-3-15-12(6-11)14(16(20)18-15)9-19-7-10-4-5-23-17(21)13(10)8-19/h2-3,6-9H,4-5H2,1H3,(H,18,20). The zero-order valence-corrected chi connectivity index (χ0v) is 12.5. The molecule has 0 bridgehead atoms. The van der Waals surface area contributed by atoms with Crippen molar-refractivity contribution in [2.75, 3.05) is 19.0 Å². The molecule has 1 N–H and O–H groups in total. The first-order valence-corrected chi connectivity index (χ1v) is 7.25. The van der Waals surface area contributed by atoms with Crippen LogP contribution in [0.2, 0.25) is 0 Å². The molecule has 1 amide bonds. The Morgan fingerprint density at radius 3 is 2.91 bits per heavy atom. The maximum atomic E-state index is 12.2. The second-order valence-electron chi connectivity index (χ2n) is 5.44. The average molecular weight is 310 g/mol. The van der Waals surface area contributed by atoms with Gasteiger partial charge in [0.2, 0.25) is 0 Å². The van der Waals surface area contributed by atoms with Crippen molar-refractivity contribution in [1.29, 1.82) is 0 Å². The Hall–Kier alpha value is -3.02. The Kier molecular flexibility index (Phi) is 2.97. The van der Waals surface area contributed by atoms with Crippen molar-refractivity contribution < 1.29 is 19.1 Å². The first kappa shape index (κ1) is 13.6. The number of methoxy groups -OCH3 is 1. The second kappa shape index (κ2) is 5.01. The number of carbonyl (C=O) groups is 2. The molecule has 2 aliphatic heterocycles. The average Bonchev–Trinajstić information content (AvgIpc) is 3.09. The molecule has 2 aliphatic rings. The number of aromatic nitrogens is 1. The number of esters is 1. The van der Waals surface area contributed by atoms with E-state index in [-0.39, 0.29) is 11.9 Å². The monoisotopic (exact) mass is 310 g/mol. The molecule has 4 rings (SSSR count). The van der Waals surface area contributed by atoms with E-state index < -0.39 is 0 Å². The minimum atomic E-state index is -0.318. The van der Waals surface area contributed by atoms with Crippen molar-refractivity contribution >= 4 is 29.3 Å². The maximum absolute atomic E-state index is 12.2. The lowest BCUT2D eigenvalue weighted by Crippen LogP contribution is -2.15. The van der Waals surface area contributed by atoms with Gasteiger partial charge in [0.15, 0.2) is 0 Å². The van der Waals surface area contributed by atoms with E-state index in [4.69, 9.17) is 9.47 Å². The molecule has 0 saturated carbocycles. The number of amides is 1. The van der Waals surface area contributed by atoms with Gasteiger partial charge in [-0.3, -0.25) is 4.79 Å². The predicted octanol–water partition coefficient (Wildman–Crippen LogP) is 2.16. The van der Waals surface area contributed by atoms with E-state index in [9.17, 15) is 9.59 Å². The number of hydrogen-bond acceptors (Lipinski definition) is 4. The lowest BCUT2D eigenvalue weighted by Gasteiger charge is -2.09. The third-order valence-corrected chi connectivity index (χ3v) is 4.04. The van der Waals surface area contributed by atoms with Crippen LogP contribution >= 0.6 is 0 Å². The minimum Gasteiger partial charge on any atom is -0.497 e. The fourth-order valence-corrected chi connectivity index (χ4v) is 2.88. The lowest BCUT2D eigenvalue weighted by atomic mass is 10.1. The predicted molar refractivity (Wildman–Crippen MR) is 84.2 cm³/mol. The Balaban J connectivity index is 1.78. The summed E-state index contributed by atoms with van der Waals surface area (Å²) in [7, 11) is 1.58. The van der Waals surface area contributed by atoms with Gasteiger partial charge in [0.1, 0.15) is 5.75 Å². The molecule has 3 heterocycles. The Bertz CT molecular complexity index is 863. The fourth-order valence-electron chi connectivity index (χ4n) is 2.88. The van der Waals surface area contributed by atoms with Crippen LogP contribution in [-0.4, -0.2) is 30.2 Å². The van der Waals surface area contributed by atoms with E-state index >= 15 is 0 Å². The van der Waals surface area contributed by atoms with Crippen LogP contribution in [0.5, 0.6) is 5.75 Å². The first-order valence-electron chi connectivity index (χ1n) is 7.25. The van der Waals surface area contributed by atoms with Gasteiger partial charge in [0, 0.05) is 36.3 Å². The normalized spacial score (nSPS) is 17.5. The van der Waals surface area contributed by atoms with E-state index in [1.54, 1.807) is 30.1 Å². The van der Waals surface area contributed by atoms with Crippen LogP contribution in [0.15, 0.2) is 30.6 Å². The highest BCUT2D eigenvalue weighted by Gasteiger charge is 2.26. The maximum Gasteiger partial charge on any atom is 0.339 e. The highest BCUT2D eigenvalue weighted by Crippen LogP contribution is 2.35. The Morgan fingerprint density at radius 1 is 1.26 bits per heavy atom. The number of benzene rings is 1. The van der Waals surface area contributed by atoms with Crippen molar-refractivity contribution in [2.24, 2.45) is 0 Å². The number of nitrogens with one attached hydrogen (secondary N) is 1. The number of rotatable bonds is 2. The highest BCUT2D eigenvalue weighted by molar-refractivity contribution is 6.34. The molecule has 0 fully saturated rings. The zero-order chi connectivity index (χ0) is 16.0. The molecule has 0 atom stereocenters. The van der Waals surface area contributed by atoms with E-state index in [1.165, 1.54) is 0 Å². The summed E-state index contributed by atoms with van der Waals surface area (Å²) in [6.45, 7) is 0.396. The van der Waals surface area contributed by atoms with E-state index in [1.807, 2.05) is 18.3 Å². The number of ether oxygens (including phenoxy) is 2. The molecule has 23 heavy (non-hydrogen) atoms. The molecule has 1 aromatic heterocycles. The fraction of sp³-hybridized carbons (Fsp3) is 0.176. The molecule has 0 radical (unpaired) electrons. The molecule has 116 valence electrons. The third kappa shape index (κ3) is 2.19. The molecule has 0 aliphatic carbocycles. The summed E-state index contributed by atoms with van der Waals surface area (Å²) in [5, 5.41) is 2.82. The highest BCUT2D eigenvalue weighted by atomic mass is 16.5. The van der Waals surface area contributed by atoms with Crippen LogP contribution in [0.4, 0.5) is 5.69 Å². The molecule has 6 nitrogen and oxygen atoms in total. The van der Waals surface area contributed by atoms with Gasteiger partial charge >= 0.3 is 5.97 Å². The number of fused-ring (bicyclic) bond motifs is 2. The van der Waals surface area contributed by atoms with Gasteiger partial charge in [-0.05, 0) is 23.8 Å². The van der Waals surface area contributed by atoms with Crippen molar-refractivity contribution in [3.8, 4) is 5.75 Å². The molecule has 0 saturated heterocycles. The van der Waals surface area contributed by atoms with Gasteiger partial charge < -0.3 is 19.4 Å². The van der Waals surface area contributed by atoms with E-state index in [2.05, 4.69) is 5.32 Å². The van der Waals surface area contributed by atoms with Gasteiger partial charge in [0.05, 0.1) is 24.9 Å². The van der Waals surface area contributed by atoms with Crippen LogP contribution in [0.3, 0.4) is 0 Å². The summed E-state index contributed by atoms with van der Waals surface area (Å²) in [6, 6.07) is 5.42. The number of anilines is 1. The van der Waals surface area contributed by atoms with Crippen molar-refractivity contribution in [3.63, 3.8) is 0 Å². The Morgan fingerprint density at radius 2 is 2.13 bits per heavy atom. The van der Waals surface area contributed by atoms with Gasteiger partial charge in [-0.2, -0.15) is 0 Å². The minimum absolute atomic E-state index is 0.178. The topological polar surface area (TPSA) is 69.6 Å². The quantitative estimate of drug-likeness (QED) is 0.682. The van der Waals surface area contributed by atoms with Crippen molar-refractivity contribution in [2.45, 2.75) is 6.42 Å². The summed E-state index contributed by atoms with van der Waals surface area (Å²) < 4.78 is 12.0. The molecule has 1 aromatic carbocycles. The molecular weight excluding hydrogens is 296 g/mol. The van der Waals surface area contributed by atoms with Gasteiger partial charge in [-0.15, -0.1) is 0 Å².